The van der Waals surface area contributed by atoms with Crippen molar-refractivity contribution in [2.45, 2.75) is 32.9 Å². The van der Waals surface area contributed by atoms with Crippen LogP contribution in [0.3, 0.4) is 0 Å². The molecular formula is C20H28ClN5O. The molecule has 1 saturated heterocycles. The maximum Gasteiger partial charge on any atom is 0.193 e. The molecule has 0 spiro atoms. The minimum absolute atomic E-state index is 0.398. The van der Waals surface area contributed by atoms with Crippen LogP contribution in [0.2, 0.25) is 5.02 Å². The van der Waals surface area contributed by atoms with Crippen LogP contribution < -0.4 is 10.1 Å². The maximum atomic E-state index is 6.10. The van der Waals surface area contributed by atoms with Gasteiger partial charge in [0.05, 0.1) is 19.0 Å². The highest BCUT2D eigenvalue weighted by atomic mass is 35.5. The lowest BCUT2D eigenvalue weighted by Crippen LogP contribution is -2.48. The molecule has 7 heteroatoms. The number of aromatic nitrogens is 2. The van der Waals surface area contributed by atoms with Crippen LogP contribution in [0.4, 0.5) is 0 Å². The Balaban J connectivity index is 1.67. The SMILES string of the molecule is CCOc1cc(Cl)ccc1CNC(=NC)N1CCC(C)C(n2ccnc2)C1. The van der Waals surface area contributed by atoms with E-state index in [4.69, 9.17) is 16.3 Å². The summed E-state index contributed by atoms with van der Waals surface area (Å²) in [6, 6.07) is 6.15. The standard InChI is InChI=1S/C20H28ClN5O/c1-4-27-19-11-17(21)6-5-16(19)12-24-20(22-3)25-9-7-15(2)18(13-25)26-10-8-23-14-26/h5-6,8,10-11,14-15,18H,4,7,9,12-13H2,1-3H3,(H,22,24). The first-order valence-corrected chi connectivity index (χ1v) is 9.84. The highest BCUT2D eigenvalue weighted by molar-refractivity contribution is 6.30. The van der Waals surface area contributed by atoms with Gasteiger partial charge in [0.25, 0.3) is 0 Å². The largest absolute Gasteiger partial charge is 0.493 e. The number of ether oxygens (including phenoxy) is 1. The van der Waals surface area contributed by atoms with Crippen LogP contribution >= 0.6 is 11.6 Å². The van der Waals surface area contributed by atoms with Crippen molar-refractivity contribution in [3.05, 3.63) is 47.5 Å². The molecule has 1 aliphatic heterocycles. The summed E-state index contributed by atoms with van der Waals surface area (Å²) >= 11 is 6.10. The predicted molar refractivity (Wildman–Crippen MR) is 109 cm³/mol. The summed E-state index contributed by atoms with van der Waals surface area (Å²) in [6.07, 6.45) is 6.91. The molecule has 0 amide bonds. The second kappa shape index (κ2) is 9.13. The fourth-order valence-corrected chi connectivity index (χ4v) is 3.73. The van der Waals surface area contributed by atoms with E-state index in [1.54, 1.807) is 0 Å². The Hall–Kier alpha value is -2.21. The number of piperidine rings is 1. The van der Waals surface area contributed by atoms with Gasteiger partial charge in [-0.3, -0.25) is 4.99 Å². The average molecular weight is 390 g/mol. The normalized spacial score (nSPS) is 20.6. The third-order valence-electron chi connectivity index (χ3n) is 5.10. The quantitative estimate of drug-likeness (QED) is 0.627. The van der Waals surface area contributed by atoms with Gasteiger partial charge in [0, 0.05) is 49.7 Å². The summed E-state index contributed by atoms with van der Waals surface area (Å²) in [5, 5.41) is 4.16. The van der Waals surface area contributed by atoms with Crippen molar-refractivity contribution >= 4 is 17.6 Å². The fourth-order valence-electron chi connectivity index (χ4n) is 3.57. The molecular weight excluding hydrogens is 362 g/mol. The number of rotatable bonds is 5. The number of hydrogen-bond donors (Lipinski definition) is 1. The molecule has 1 N–H and O–H groups in total. The summed E-state index contributed by atoms with van der Waals surface area (Å²) < 4.78 is 7.93. The first-order valence-electron chi connectivity index (χ1n) is 9.46. The van der Waals surface area contributed by atoms with Crippen molar-refractivity contribution in [2.75, 3.05) is 26.7 Å². The molecule has 2 aromatic rings. The molecule has 2 unspecified atom stereocenters. The molecule has 3 rings (SSSR count). The van der Waals surface area contributed by atoms with Crippen molar-refractivity contribution in [1.82, 2.24) is 19.8 Å². The molecule has 0 radical (unpaired) electrons. The first-order chi connectivity index (χ1) is 13.1. The molecule has 1 aliphatic rings. The Bertz CT molecular complexity index is 762. The van der Waals surface area contributed by atoms with Crippen LogP contribution in [-0.4, -0.2) is 47.2 Å². The number of nitrogens with one attached hydrogen (secondary N) is 1. The smallest absolute Gasteiger partial charge is 0.193 e. The van der Waals surface area contributed by atoms with Crippen molar-refractivity contribution in [2.24, 2.45) is 10.9 Å². The van der Waals surface area contributed by atoms with Crippen LogP contribution in [0.15, 0.2) is 41.9 Å². The molecule has 27 heavy (non-hydrogen) atoms. The van der Waals surface area contributed by atoms with Gasteiger partial charge in [-0.1, -0.05) is 24.6 Å². The van der Waals surface area contributed by atoms with E-state index < -0.39 is 0 Å². The van der Waals surface area contributed by atoms with Crippen LogP contribution in [-0.2, 0) is 6.54 Å². The van der Waals surface area contributed by atoms with Gasteiger partial charge in [-0.25, -0.2) is 4.98 Å². The molecule has 2 atom stereocenters. The third-order valence-corrected chi connectivity index (χ3v) is 5.34. The van der Waals surface area contributed by atoms with Crippen LogP contribution in [0, 0.1) is 5.92 Å². The van der Waals surface area contributed by atoms with E-state index in [1.165, 1.54) is 0 Å². The Morgan fingerprint density at radius 1 is 1.44 bits per heavy atom. The molecule has 146 valence electrons. The summed E-state index contributed by atoms with van der Waals surface area (Å²) in [7, 11) is 1.83. The van der Waals surface area contributed by atoms with E-state index in [2.05, 4.69) is 31.7 Å². The molecule has 0 aliphatic carbocycles. The summed E-state index contributed by atoms with van der Waals surface area (Å²) in [5.74, 6) is 2.33. The zero-order chi connectivity index (χ0) is 19.2. The number of likely N-dealkylation sites (tertiary alicyclic amines) is 1. The van der Waals surface area contributed by atoms with E-state index in [9.17, 15) is 0 Å². The number of halogens is 1. The van der Waals surface area contributed by atoms with Gasteiger partial charge in [0.1, 0.15) is 5.75 Å². The minimum atomic E-state index is 0.398. The van der Waals surface area contributed by atoms with E-state index >= 15 is 0 Å². The summed E-state index contributed by atoms with van der Waals surface area (Å²) in [6.45, 7) is 7.43. The van der Waals surface area contributed by atoms with Gasteiger partial charge < -0.3 is 19.5 Å². The van der Waals surface area contributed by atoms with Crippen LogP contribution in [0.5, 0.6) is 5.75 Å². The molecule has 0 saturated carbocycles. The lowest BCUT2D eigenvalue weighted by Gasteiger charge is -2.39. The van der Waals surface area contributed by atoms with Crippen molar-refractivity contribution in [1.29, 1.82) is 0 Å². The van der Waals surface area contributed by atoms with E-state index in [0.717, 1.165) is 36.8 Å². The first kappa shape index (κ1) is 19.5. The topological polar surface area (TPSA) is 54.7 Å². The number of imidazole rings is 1. The van der Waals surface area contributed by atoms with Gasteiger partial charge in [-0.05, 0) is 31.4 Å². The predicted octanol–water partition coefficient (Wildman–Crippen LogP) is 3.59. The highest BCUT2D eigenvalue weighted by Gasteiger charge is 2.28. The van der Waals surface area contributed by atoms with Crippen LogP contribution in [0.1, 0.15) is 31.9 Å². The van der Waals surface area contributed by atoms with Crippen molar-refractivity contribution in [3.8, 4) is 5.75 Å². The molecule has 6 nitrogen and oxygen atoms in total. The molecule has 2 heterocycles. The average Bonchev–Trinajstić information content (AvgIpc) is 3.19. The zero-order valence-electron chi connectivity index (χ0n) is 16.2. The Morgan fingerprint density at radius 3 is 3.00 bits per heavy atom. The second-order valence-electron chi connectivity index (χ2n) is 6.88. The lowest BCUT2D eigenvalue weighted by molar-refractivity contribution is 0.189. The van der Waals surface area contributed by atoms with Gasteiger partial charge in [0.2, 0.25) is 0 Å². The van der Waals surface area contributed by atoms with E-state index in [0.29, 0.717) is 30.1 Å². The zero-order valence-corrected chi connectivity index (χ0v) is 17.0. The third kappa shape index (κ3) is 4.75. The number of benzene rings is 1. The van der Waals surface area contributed by atoms with Gasteiger partial charge in [0.15, 0.2) is 5.96 Å². The van der Waals surface area contributed by atoms with E-state index in [-0.39, 0.29) is 0 Å². The molecule has 1 fully saturated rings. The Kier molecular flexibility index (Phi) is 6.61. The summed E-state index contributed by atoms with van der Waals surface area (Å²) in [5.41, 5.74) is 1.07. The number of guanidine groups is 1. The summed E-state index contributed by atoms with van der Waals surface area (Å²) in [4.78, 5) is 11.0. The molecule has 1 aromatic heterocycles. The van der Waals surface area contributed by atoms with Gasteiger partial charge in [-0.15, -0.1) is 0 Å². The molecule has 1 aromatic carbocycles. The monoisotopic (exact) mass is 389 g/mol. The van der Waals surface area contributed by atoms with Gasteiger partial charge >= 0.3 is 0 Å². The second-order valence-corrected chi connectivity index (χ2v) is 7.31. The van der Waals surface area contributed by atoms with Crippen molar-refractivity contribution in [3.63, 3.8) is 0 Å². The van der Waals surface area contributed by atoms with Gasteiger partial charge in [-0.2, -0.15) is 0 Å². The highest BCUT2D eigenvalue weighted by Crippen LogP contribution is 2.28. The molecule has 0 bridgehead atoms. The number of nitrogens with zero attached hydrogens (tertiary/aromatic N) is 4. The Labute approximate surface area is 166 Å². The minimum Gasteiger partial charge on any atom is -0.493 e. The maximum absolute atomic E-state index is 6.10. The van der Waals surface area contributed by atoms with Crippen LogP contribution in [0.25, 0.3) is 0 Å². The Morgan fingerprint density at radius 2 is 2.30 bits per heavy atom. The number of hydrogen-bond acceptors (Lipinski definition) is 3. The van der Waals surface area contributed by atoms with Crippen molar-refractivity contribution < 1.29 is 4.74 Å². The number of aliphatic imine (C=N–C) groups is 1. The van der Waals surface area contributed by atoms with E-state index in [1.807, 2.05) is 50.9 Å². The fraction of sp³-hybridized carbons (Fsp3) is 0.500. The lowest BCUT2D eigenvalue weighted by atomic mass is 9.93.